The van der Waals surface area contributed by atoms with Gasteiger partial charge in [-0.15, -0.1) is 0 Å². The van der Waals surface area contributed by atoms with Crippen LogP contribution in [0.2, 0.25) is 0 Å². The number of hydrogen-bond acceptors (Lipinski definition) is 3. The Balaban J connectivity index is 2.30. The summed E-state index contributed by atoms with van der Waals surface area (Å²) >= 11 is 0. The highest BCUT2D eigenvalue weighted by Crippen LogP contribution is 2.23. The third kappa shape index (κ3) is 3.26. The van der Waals surface area contributed by atoms with Crippen LogP contribution in [-0.2, 0) is 4.79 Å². The highest BCUT2D eigenvalue weighted by Gasteiger charge is 2.35. The van der Waals surface area contributed by atoms with Gasteiger partial charge in [-0.2, -0.15) is 0 Å². The molecule has 0 aromatic heterocycles. The lowest BCUT2D eigenvalue weighted by molar-refractivity contribution is -0.117. The summed E-state index contributed by atoms with van der Waals surface area (Å²) in [5.74, 6) is 0.858. The number of nitrogens with zero attached hydrogens (tertiary/aromatic N) is 3. The molecule has 1 aromatic carbocycles. The van der Waals surface area contributed by atoms with Gasteiger partial charge in [0, 0.05) is 13.1 Å². The topological polar surface area (TPSA) is 35.9 Å². The molecule has 0 saturated heterocycles. The first-order valence-electron chi connectivity index (χ1n) is 7.81. The van der Waals surface area contributed by atoms with Crippen LogP contribution >= 0.6 is 0 Å². The van der Waals surface area contributed by atoms with Crippen molar-refractivity contribution in [2.45, 2.75) is 46.6 Å². The minimum absolute atomic E-state index is 0.0591. The maximum Gasteiger partial charge on any atom is 0.258 e. The van der Waals surface area contributed by atoms with Crippen LogP contribution in [0.5, 0.6) is 0 Å². The Kier molecular flexibility index (Phi) is 4.99. The fourth-order valence-corrected chi connectivity index (χ4v) is 2.48. The van der Waals surface area contributed by atoms with Crippen LogP contribution in [0.15, 0.2) is 29.3 Å². The lowest BCUT2D eigenvalue weighted by Gasteiger charge is -2.29. The number of amides is 1. The molecule has 0 N–H and O–H groups in total. The number of carbonyl (C=O) groups is 1. The van der Waals surface area contributed by atoms with E-state index in [0.717, 1.165) is 37.6 Å². The van der Waals surface area contributed by atoms with E-state index < -0.39 is 0 Å². The van der Waals surface area contributed by atoms with Crippen molar-refractivity contribution in [3.63, 3.8) is 0 Å². The average Bonchev–Trinajstić information content (AvgIpc) is 2.77. The van der Waals surface area contributed by atoms with E-state index in [9.17, 15) is 4.79 Å². The van der Waals surface area contributed by atoms with E-state index in [1.807, 2.05) is 38.1 Å². The van der Waals surface area contributed by atoms with E-state index in [4.69, 9.17) is 0 Å². The molecular formula is C17H25N3O. The molecule has 1 amide bonds. The Morgan fingerprint density at radius 2 is 1.90 bits per heavy atom. The van der Waals surface area contributed by atoms with Gasteiger partial charge in [0.1, 0.15) is 6.04 Å². The van der Waals surface area contributed by atoms with Crippen LogP contribution in [-0.4, -0.2) is 35.9 Å². The molecule has 0 fully saturated rings. The molecule has 4 nitrogen and oxygen atoms in total. The summed E-state index contributed by atoms with van der Waals surface area (Å²) in [5.41, 5.74) is 2.10. The number of aliphatic imine (C=N–C) groups is 1. The number of carbonyl (C=O) groups excluding carboxylic acids is 1. The van der Waals surface area contributed by atoms with Crippen LogP contribution < -0.4 is 4.90 Å². The smallest absolute Gasteiger partial charge is 0.258 e. The maximum absolute atomic E-state index is 12.5. The Morgan fingerprint density at radius 1 is 1.24 bits per heavy atom. The Bertz CT molecular complexity index is 521. The van der Waals surface area contributed by atoms with Crippen LogP contribution in [0.1, 0.15) is 39.2 Å². The molecule has 1 aliphatic heterocycles. The zero-order valence-electron chi connectivity index (χ0n) is 13.5. The molecule has 0 saturated carbocycles. The van der Waals surface area contributed by atoms with Gasteiger partial charge in [0.2, 0.25) is 5.96 Å². The average molecular weight is 287 g/mol. The Hall–Kier alpha value is -1.84. The molecule has 1 aliphatic rings. The molecule has 4 heteroatoms. The second-order valence-corrected chi connectivity index (χ2v) is 5.55. The standard InChI is InChI=1S/C17H25N3O/c1-5-7-12-19(6-2)17-18-14(4)16(21)20(17)15-10-8-13(3)9-11-15/h8-11,14H,5-7,12H2,1-4H3. The van der Waals surface area contributed by atoms with Crippen LogP contribution in [0.3, 0.4) is 0 Å². The minimum Gasteiger partial charge on any atom is -0.342 e. The van der Waals surface area contributed by atoms with Crippen LogP contribution in [0, 0.1) is 6.92 Å². The van der Waals surface area contributed by atoms with Crippen molar-refractivity contribution in [1.29, 1.82) is 0 Å². The molecule has 21 heavy (non-hydrogen) atoms. The molecule has 0 bridgehead atoms. The minimum atomic E-state index is -0.294. The highest BCUT2D eigenvalue weighted by atomic mass is 16.2. The lowest BCUT2D eigenvalue weighted by Crippen LogP contribution is -2.45. The van der Waals surface area contributed by atoms with Crippen LogP contribution in [0.25, 0.3) is 0 Å². The van der Waals surface area contributed by atoms with Crippen molar-refractivity contribution >= 4 is 17.6 Å². The molecule has 1 unspecified atom stereocenters. The molecule has 1 aromatic rings. The van der Waals surface area contributed by atoms with Gasteiger partial charge in [-0.25, -0.2) is 9.89 Å². The first-order valence-corrected chi connectivity index (χ1v) is 7.81. The van der Waals surface area contributed by atoms with Crippen molar-refractivity contribution in [3.8, 4) is 0 Å². The van der Waals surface area contributed by atoms with E-state index in [1.165, 1.54) is 5.56 Å². The van der Waals surface area contributed by atoms with E-state index in [2.05, 4.69) is 23.7 Å². The molecule has 1 heterocycles. The summed E-state index contributed by atoms with van der Waals surface area (Å²) in [6.45, 7) is 10.0. The fourth-order valence-electron chi connectivity index (χ4n) is 2.48. The summed E-state index contributed by atoms with van der Waals surface area (Å²) in [6, 6.07) is 7.76. The predicted octanol–water partition coefficient (Wildman–Crippen LogP) is 3.21. The third-order valence-corrected chi connectivity index (χ3v) is 3.83. The maximum atomic E-state index is 12.5. The third-order valence-electron chi connectivity index (χ3n) is 3.83. The second kappa shape index (κ2) is 6.74. The first kappa shape index (κ1) is 15.5. The van der Waals surface area contributed by atoms with Gasteiger partial charge < -0.3 is 4.90 Å². The van der Waals surface area contributed by atoms with Gasteiger partial charge in [0.25, 0.3) is 5.91 Å². The quantitative estimate of drug-likeness (QED) is 0.833. The molecule has 0 radical (unpaired) electrons. The van der Waals surface area contributed by atoms with E-state index in [-0.39, 0.29) is 11.9 Å². The monoisotopic (exact) mass is 287 g/mol. The van der Waals surface area contributed by atoms with Gasteiger partial charge in [-0.1, -0.05) is 31.0 Å². The number of anilines is 1. The van der Waals surface area contributed by atoms with Gasteiger partial charge in [-0.3, -0.25) is 4.79 Å². The van der Waals surface area contributed by atoms with E-state index >= 15 is 0 Å². The van der Waals surface area contributed by atoms with Gasteiger partial charge in [-0.05, 0) is 39.3 Å². The normalized spacial score (nSPS) is 18.1. The SMILES string of the molecule is CCCCN(CC)C1=NC(C)C(=O)N1c1ccc(C)cc1. The van der Waals surface area contributed by atoms with Crippen LogP contribution in [0.4, 0.5) is 5.69 Å². The number of guanidine groups is 1. The molecule has 2 rings (SSSR count). The zero-order chi connectivity index (χ0) is 15.4. The number of rotatable bonds is 5. The fraction of sp³-hybridized carbons (Fsp3) is 0.529. The largest absolute Gasteiger partial charge is 0.342 e. The van der Waals surface area contributed by atoms with Gasteiger partial charge in [0.05, 0.1) is 5.69 Å². The number of benzene rings is 1. The molecule has 1 atom stereocenters. The van der Waals surface area contributed by atoms with E-state index in [0.29, 0.717) is 0 Å². The summed E-state index contributed by atoms with van der Waals surface area (Å²) < 4.78 is 0. The predicted molar refractivity (Wildman–Crippen MR) is 87.7 cm³/mol. The summed E-state index contributed by atoms with van der Waals surface area (Å²) in [7, 11) is 0. The second-order valence-electron chi connectivity index (χ2n) is 5.55. The lowest BCUT2D eigenvalue weighted by atomic mass is 10.2. The molecule has 114 valence electrons. The molecular weight excluding hydrogens is 262 g/mol. The van der Waals surface area contributed by atoms with Gasteiger partial charge in [0.15, 0.2) is 0 Å². The number of hydrogen-bond donors (Lipinski definition) is 0. The molecule has 0 aliphatic carbocycles. The summed E-state index contributed by atoms with van der Waals surface area (Å²) in [5, 5.41) is 0. The Labute approximate surface area is 127 Å². The van der Waals surface area contributed by atoms with Gasteiger partial charge >= 0.3 is 0 Å². The highest BCUT2D eigenvalue weighted by molar-refractivity contribution is 6.21. The summed E-state index contributed by atoms with van der Waals surface area (Å²) in [4.78, 5) is 21.0. The number of unbranched alkanes of at least 4 members (excludes halogenated alkanes) is 1. The van der Waals surface area contributed by atoms with Crippen molar-refractivity contribution in [2.75, 3.05) is 18.0 Å². The summed E-state index contributed by atoms with van der Waals surface area (Å²) in [6.07, 6.45) is 2.25. The number of aryl methyl sites for hydroxylation is 1. The van der Waals surface area contributed by atoms with Crippen molar-refractivity contribution in [2.24, 2.45) is 4.99 Å². The van der Waals surface area contributed by atoms with E-state index in [1.54, 1.807) is 4.90 Å². The molecule has 0 spiro atoms. The first-order chi connectivity index (χ1) is 10.1. The van der Waals surface area contributed by atoms with Crippen molar-refractivity contribution in [3.05, 3.63) is 29.8 Å². The van der Waals surface area contributed by atoms with Crippen molar-refractivity contribution < 1.29 is 4.79 Å². The van der Waals surface area contributed by atoms with Crippen molar-refractivity contribution in [1.82, 2.24) is 4.90 Å². The Morgan fingerprint density at radius 3 is 2.48 bits per heavy atom. The zero-order valence-corrected chi connectivity index (χ0v) is 13.5.